The number of rotatable bonds is 5. The van der Waals surface area contributed by atoms with Crippen molar-refractivity contribution in [2.75, 3.05) is 0 Å². The summed E-state index contributed by atoms with van der Waals surface area (Å²) >= 11 is 0. The van der Waals surface area contributed by atoms with E-state index < -0.39 is 0 Å². The van der Waals surface area contributed by atoms with E-state index in [2.05, 4.69) is 37.9 Å². The number of H-pyrrole nitrogens is 1. The highest BCUT2D eigenvalue weighted by Gasteiger charge is 2.13. The zero-order valence-electron chi connectivity index (χ0n) is 9.85. The molecule has 2 nitrogen and oxygen atoms in total. The first-order valence-corrected chi connectivity index (χ1v) is 5.76. The summed E-state index contributed by atoms with van der Waals surface area (Å²) in [4.78, 5) is 0. The Morgan fingerprint density at radius 3 is 2.50 bits per heavy atom. The van der Waals surface area contributed by atoms with Gasteiger partial charge in [-0.2, -0.15) is 5.10 Å². The summed E-state index contributed by atoms with van der Waals surface area (Å²) < 4.78 is 0. The van der Waals surface area contributed by atoms with Crippen LogP contribution in [0.5, 0.6) is 0 Å². The molecule has 0 aliphatic heterocycles. The van der Waals surface area contributed by atoms with E-state index in [1.54, 1.807) is 0 Å². The lowest BCUT2D eigenvalue weighted by Crippen LogP contribution is -1.95. The molecule has 1 heterocycles. The molecule has 0 aliphatic rings. The summed E-state index contributed by atoms with van der Waals surface area (Å²) in [5.41, 5.74) is 4.07. The number of unbranched alkanes of at least 4 members (excludes halogenated alkanes) is 1. The van der Waals surface area contributed by atoms with Crippen LogP contribution in [-0.2, 0) is 12.8 Å². The van der Waals surface area contributed by atoms with Crippen LogP contribution >= 0.6 is 0 Å². The Hall–Kier alpha value is -0.790. The van der Waals surface area contributed by atoms with Crippen LogP contribution in [0.4, 0.5) is 0 Å². The zero-order chi connectivity index (χ0) is 10.6. The number of hydrogen-bond acceptors (Lipinski definition) is 1. The molecule has 0 spiro atoms. The summed E-state index contributed by atoms with van der Waals surface area (Å²) in [6, 6.07) is 0. The maximum atomic E-state index is 4.41. The minimum atomic E-state index is 0.538. The highest BCUT2D eigenvalue weighted by molar-refractivity contribution is 5.27. The van der Waals surface area contributed by atoms with Crippen LogP contribution in [-0.4, -0.2) is 10.2 Å². The van der Waals surface area contributed by atoms with Gasteiger partial charge in [-0.25, -0.2) is 0 Å². The summed E-state index contributed by atoms with van der Waals surface area (Å²) in [5, 5.41) is 7.61. The number of aromatic amines is 1. The first-order chi connectivity index (χ1) is 6.70. The van der Waals surface area contributed by atoms with Crippen molar-refractivity contribution in [3.05, 3.63) is 17.0 Å². The van der Waals surface area contributed by atoms with E-state index in [1.807, 2.05) is 0 Å². The Bertz CT molecular complexity index is 274. The minimum Gasteiger partial charge on any atom is -0.282 e. The number of aromatic nitrogens is 2. The molecule has 0 atom stereocenters. The lowest BCUT2D eigenvalue weighted by atomic mass is 10.00. The Kier molecular flexibility index (Phi) is 4.18. The van der Waals surface area contributed by atoms with Gasteiger partial charge in [-0.3, -0.25) is 5.10 Å². The van der Waals surface area contributed by atoms with Crippen LogP contribution in [0.15, 0.2) is 0 Å². The first kappa shape index (κ1) is 11.3. The van der Waals surface area contributed by atoms with Crippen molar-refractivity contribution < 1.29 is 0 Å². The number of hydrogen-bond donors (Lipinski definition) is 1. The van der Waals surface area contributed by atoms with E-state index in [0.29, 0.717) is 5.92 Å². The fourth-order valence-corrected chi connectivity index (χ4v) is 1.85. The highest BCUT2D eigenvalue weighted by atomic mass is 15.1. The maximum Gasteiger partial charge on any atom is 0.0682 e. The van der Waals surface area contributed by atoms with Crippen molar-refractivity contribution in [3.8, 4) is 0 Å². The van der Waals surface area contributed by atoms with Crippen LogP contribution in [0.25, 0.3) is 0 Å². The van der Waals surface area contributed by atoms with Crippen LogP contribution in [0.1, 0.15) is 63.4 Å². The molecule has 0 saturated carbocycles. The number of aryl methyl sites for hydroxylation is 1. The average molecular weight is 194 g/mol. The van der Waals surface area contributed by atoms with Crippen LogP contribution in [0.3, 0.4) is 0 Å². The van der Waals surface area contributed by atoms with Gasteiger partial charge in [0.05, 0.1) is 5.69 Å². The molecule has 0 saturated heterocycles. The summed E-state index contributed by atoms with van der Waals surface area (Å²) in [6.45, 7) is 8.86. The lowest BCUT2D eigenvalue weighted by Gasteiger charge is -2.04. The molecular formula is C12H22N2. The highest BCUT2D eigenvalue weighted by Crippen LogP contribution is 2.21. The van der Waals surface area contributed by atoms with Gasteiger partial charge in [0.25, 0.3) is 0 Å². The normalized spacial score (nSPS) is 11.2. The molecule has 0 bridgehead atoms. The Morgan fingerprint density at radius 2 is 2.00 bits per heavy atom. The summed E-state index contributed by atoms with van der Waals surface area (Å²) in [6.07, 6.45) is 4.76. The Labute approximate surface area is 87.1 Å². The fourth-order valence-electron chi connectivity index (χ4n) is 1.85. The fraction of sp³-hybridized carbons (Fsp3) is 0.750. The Balaban J connectivity index is 2.84. The summed E-state index contributed by atoms with van der Waals surface area (Å²) in [7, 11) is 0. The largest absolute Gasteiger partial charge is 0.282 e. The van der Waals surface area contributed by atoms with Gasteiger partial charge >= 0.3 is 0 Å². The summed E-state index contributed by atoms with van der Waals surface area (Å²) in [5.74, 6) is 0.538. The molecule has 0 aromatic carbocycles. The molecular weight excluding hydrogens is 172 g/mol. The van der Waals surface area contributed by atoms with E-state index in [9.17, 15) is 0 Å². The zero-order valence-corrected chi connectivity index (χ0v) is 9.85. The molecule has 0 radical (unpaired) electrons. The average Bonchev–Trinajstić information content (AvgIpc) is 2.57. The smallest absolute Gasteiger partial charge is 0.0682 e. The van der Waals surface area contributed by atoms with Crippen LogP contribution < -0.4 is 0 Å². The van der Waals surface area contributed by atoms with E-state index in [-0.39, 0.29) is 0 Å². The second-order valence-corrected chi connectivity index (χ2v) is 4.18. The Morgan fingerprint density at radius 1 is 1.29 bits per heavy atom. The molecule has 0 unspecified atom stereocenters. The van der Waals surface area contributed by atoms with Gasteiger partial charge in [0.1, 0.15) is 0 Å². The van der Waals surface area contributed by atoms with Gasteiger partial charge in [0, 0.05) is 5.69 Å². The van der Waals surface area contributed by atoms with Crippen LogP contribution in [0.2, 0.25) is 0 Å². The first-order valence-electron chi connectivity index (χ1n) is 5.76. The van der Waals surface area contributed by atoms with Crippen molar-refractivity contribution in [2.45, 2.75) is 59.3 Å². The third-order valence-electron chi connectivity index (χ3n) is 2.67. The third kappa shape index (κ3) is 2.37. The van der Waals surface area contributed by atoms with E-state index in [4.69, 9.17) is 0 Å². The minimum absolute atomic E-state index is 0.538. The molecule has 1 rings (SSSR count). The van der Waals surface area contributed by atoms with Crippen molar-refractivity contribution >= 4 is 0 Å². The molecule has 2 heteroatoms. The van der Waals surface area contributed by atoms with Gasteiger partial charge in [0.2, 0.25) is 0 Å². The van der Waals surface area contributed by atoms with Gasteiger partial charge in [-0.15, -0.1) is 0 Å². The standard InChI is InChI=1S/C12H22N2/c1-5-7-8-11-10(6-2)12(9(3)4)14-13-11/h9H,5-8H2,1-4H3,(H,13,14). The molecule has 80 valence electrons. The quantitative estimate of drug-likeness (QED) is 0.764. The lowest BCUT2D eigenvalue weighted by molar-refractivity contribution is 0.765. The van der Waals surface area contributed by atoms with E-state index in [0.717, 1.165) is 12.8 Å². The monoisotopic (exact) mass is 194 g/mol. The molecule has 1 N–H and O–H groups in total. The number of nitrogens with zero attached hydrogens (tertiary/aromatic N) is 1. The van der Waals surface area contributed by atoms with E-state index in [1.165, 1.54) is 29.8 Å². The van der Waals surface area contributed by atoms with Gasteiger partial charge < -0.3 is 0 Å². The van der Waals surface area contributed by atoms with Crippen molar-refractivity contribution in [1.29, 1.82) is 0 Å². The molecule has 1 aromatic heterocycles. The molecule has 0 fully saturated rings. The SMILES string of the molecule is CCCCc1[nH]nc(C(C)C)c1CC. The van der Waals surface area contributed by atoms with Crippen molar-refractivity contribution in [1.82, 2.24) is 10.2 Å². The topological polar surface area (TPSA) is 28.7 Å². The van der Waals surface area contributed by atoms with Crippen LogP contribution in [0, 0.1) is 0 Å². The van der Waals surface area contributed by atoms with Gasteiger partial charge in [0.15, 0.2) is 0 Å². The second-order valence-electron chi connectivity index (χ2n) is 4.18. The van der Waals surface area contributed by atoms with Crippen molar-refractivity contribution in [3.63, 3.8) is 0 Å². The van der Waals surface area contributed by atoms with Gasteiger partial charge in [-0.05, 0) is 30.7 Å². The van der Waals surface area contributed by atoms with Gasteiger partial charge in [-0.1, -0.05) is 34.1 Å². The van der Waals surface area contributed by atoms with Crippen molar-refractivity contribution in [2.24, 2.45) is 0 Å². The molecule has 0 aliphatic carbocycles. The third-order valence-corrected chi connectivity index (χ3v) is 2.67. The maximum absolute atomic E-state index is 4.41. The molecule has 0 amide bonds. The predicted molar refractivity (Wildman–Crippen MR) is 60.7 cm³/mol. The second kappa shape index (κ2) is 5.18. The predicted octanol–water partition coefficient (Wildman–Crippen LogP) is 3.44. The number of nitrogens with one attached hydrogen (secondary N) is 1. The molecule has 1 aromatic rings. The molecule has 14 heavy (non-hydrogen) atoms. The van der Waals surface area contributed by atoms with E-state index >= 15 is 0 Å².